The summed E-state index contributed by atoms with van der Waals surface area (Å²) in [7, 11) is 0. The van der Waals surface area contributed by atoms with Crippen LogP contribution in [0.25, 0.3) is 0 Å². The highest BCUT2D eigenvalue weighted by Gasteiger charge is 2.26. The first kappa shape index (κ1) is 13.0. The highest BCUT2D eigenvalue weighted by atomic mass is 16.5. The van der Waals surface area contributed by atoms with E-state index in [2.05, 4.69) is 27.9 Å². The zero-order valence-electron chi connectivity index (χ0n) is 10.5. The van der Waals surface area contributed by atoms with E-state index >= 15 is 0 Å². The summed E-state index contributed by atoms with van der Waals surface area (Å²) in [5.41, 5.74) is 5.81. The van der Waals surface area contributed by atoms with Crippen molar-refractivity contribution in [3.63, 3.8) is 0 Å². The Morgan fingerprint density at radius 1 is 1.67 bits per heavy atom. The van der Waals surface area contributed by atoms with Crippen LogP contribution >= 0.6 is 0 Å². The summed E-state index contributed by atoms with van der Waals surface area (Å²) in [6.45, 7) is 5.50. The van der Waals surface area contributed by atoms with E-state index in [0.29, 0.717) is 24.7 Å². The lowest BCUT2D eigenvalue weighted by Crippen LogP contribution is -2.38. The number of ether oxygens (including phenoxy) is 1. The molecule has 6 nitrogen and oxygen atoms in total. The van der Waals surface area contributed by atoms with Gasteiger partial charge in [0.25, 0.3) is 0 Å². The van der Waals surface area contributed by atoms with E-state index in [0.717, 1.165) is 19.6 Å². The minimum absolute atomic E-state index is 0.144. The molecule has 0 aliphatic carbocycles. The number of morpholine rings is 1. The van der Waals surface area contributed by atoms with Crippen LogP contribution in [-0.2, 0) is 4.74 Å². The Balaban J connectivity index is 2.03. The van der Waals surface area contributed by atoms with Crippen LogP contribution in [-0.4, -0.2) is 41.3 Å². The van der Waals surface area contributed by atoms with Crippen molar-refractivity contribution in [1.82, 2.24) is 15.0 Å². The Labute approximate surface area is 106 Å². The molecule has 0 bridgehead atoms. The van der Waals surface area contributed by atoms with Crippen LogP contribution in [0.4, 0.5) is 0 Å². The fourth-order valence-corrected chi connectivity index (χ4v) is 1.89. The van der Waals surface area contributed by atoms with Gasteiger partial charge in [-0.05, 0) is 6.54 Å². The van der Waals surface area contributed by atoms with Crippen LogP contribution in [0.2, 0.25) is 0 Å². The smallest absolute Gasteiger partial charge is 0.244 e. The quantitative estimate of drug-likeness (QED) is 0.783. The number of hydrogen-bond acceptors (Lipinski definition) is 6. The molecule has 0 amide bonds. The molecule has 6 heteroatoms. The van der Waals surface area contributed by atoms with Gasteiger partial charge in [0.1, 0.15) is 6.10 Å². The highest BCUT2D eigenvalue weighted by Crippen LogP contribution is 2.21. The van der Waals surface area contributed by atoms with E-state index in [9.17, 15) is 0 Å². The van der Waals surface area contributed by atoms with Crippen LogP contribution in [0.3, 0.4) is 0 Å². The zero-order valence-corrected chi connectivity index (χ0v) is 10.5. The van der Waals surface area contributed by atoms with E-state index in [1.165, 1.54) is 0 Å². The van der Waals surface area contributed by atoms with Crippen molar-refractivity contribution in [3.05, 3.63) is 11.7 Å². The second-order valence-corrected chi connectivity index (χ2v) is 4.26. The van der Waals surface area contributed by atoms with Gasteiger partial charge in [0.15, 0.2) is 0 Å². The van der Waals surface area contributed by atoms with Gasteiger partial charge in [-0.15, -0.1) is 12.3 Å². The molecule has 1 aromatic rings. The Morgan fingerprint density at radius 2 is 2.50 bits per heavy atom. The van der Waals surface area contributed by atoms with E-state index in [1.54, 1.807) is 0 Å². The molecule has 2 N–H and O–H groups in total. The first-order chi connectivity index (χ1) is 8.74. The van der Waals surface area contributed by atoms with Gasteiger partial charge < -0.3 is 15.0 Å². The third kappa shape index (κ3) is 2.88. The lowest BCUT2D eigenvalue weighted by Gasteiger charge is -2.30. The molecule has 0 radical (unpaired) electrons. The van der Waals surface area contributed by atoms with Gasteiger partial charge in [0, 0.05) is 19.5 Å². The molecular formula is C12H18N4O2. The SMILES string of the molecule is C#CCC(N)c1nc(C2CN(CC)CCO2)no1. The first-order valence-electron chi connectivity index (χ1n) is 6.11. The van der Waals surface area contributed by atoms with E-state index in [4.69, 9.17) is 21.4 Å². The number of rotatable bonds is 4. The maximum absolute atomic E-state index is 5.81. The standard InChI is InChI=1S/C12H18N4O2/c1-3-5-9(13)12-14-11(15-18-12)10-8-16(4-2)6-7-17-10/h1,9-10H,4-8,13H2,2H3. The average Bonchev–Trinajstić information content (AvgIpc) is 2.89. The fraction of sp³-hybridized carbons (Fsp3) is 0.667. The van der Waals surface area contributed by atoms with Gasteiger partial charge in [-0.1, -0.05) is 12.1 Å². The molecule has 98 valence electrons. The van der Waals surface area contributed by atoms with Crippen LogP contribution < -0.4 is 5.73 Å². The largest absolute Gasteiger partial charge is 0.367 e. The van der Waals surface area contributed by atoms with Crippen LogP contribution in [0, 0.1) is 12.3 Å². The minimum Gasteiger partial charge on any atom is -0.367 e. The third-order valence-electron chi connectivity index (χ3n) is 3.00. The molecule has 18 heavy (non-hydrogen) atoms. The molecule has 0 aromatic carbocycles. The van der Waals surface area contributed by atoms with E-state index < -0.39 is 6.04 Å². The first-order valence-corrected chi connectivity index (χ1v) is 6.11. The summed E-state index contributed by atoms with van der Waals surface area (Å²) < 4.78 is 10.8. The topological polar surface area (TPSA) is 77.4 Å². The predicted molar refractivity (Wildman–Crippen MR) is 65.5 cm³/mol. The Kier molecular flexibility index (Phi) is 4.31. The predicted octanol–water partition coefficient (Wildman–Crippen LogP) is 0.486. The molecule has 2 atom stereocenters. The summed E-state index contributed by atoms with van der Waals surface area (Å²) >= 11 is 0. The van der Waals surface area contributed by atoms with Crippen molar-refractivity contribution in [3.8, 4) is 12.3 Å². The molecule has 1 aliphatic heterocycles. The zero-order chi connectivity index (χ0) is 13.0. The molecule has 1 saturated heterocycles. The Bertz CT molecular complexity index is 426. The van der Waals surface area contributed by atoms with Crippen molar-refractivity contribution >= 4 is 0 Å². The van der Waals surface area contributed by atoms with Crippen molar-refractivity contribution in [2.75, 3.05) is 26.2 Å². The minimum atomic E-state index is -0.401. The number of nitrogens with zero attached hydrogens (tertiary/aromatic N) is 3. The monoisotopic (exact) mass is 250 g/mol. The molecule has 2 heterocycles. The Morgan fingerprint density at radius 3 is 3.22 bits per heavy atom. The lowest BCUT2D eigenvalue weighted by molar-refractivity contribution is -0.0334. The van der Waals surface area contributed by atoms with Crippen molar-refractivity contribution in [2.24, 2.45) is 5.73 Å². The van der Waals surface area contributed by atoms with E-state index in [-0.39, 0.29) is 6.10 Å². The van der Waals surface area contributed by atoms with Gasteiger partial charge in [-0.3, -0.25) is 4.90 Å². The van der Waals surface area contributed by atoms with Crippen LogP contribution in [0.1, 0.15) is 37.2 Å². The molecular weight excluding hydrogens is 232 g/mol. The summed E-state index contributed by atoms with van der Waals surface area (Å²) in [6.07, 6.45) is 5.44. The maximum Gasteiger partial charge on any atom is 0.244 e. The van der Waals surface area contributed by atoms with Crippen LogP contribution in [0.5, 0.6) is 0 Å². The summed E-state index contributed by atoms with van der Waals surface area (Å²) in [4.78, 5) is 6.55. The van der Waals surface area contributed by atoms with E-state index in [1.807, 2.05) is 0 Å². The van der Waals surface area contributed by atoms with Gasteiger partial charge in [0.05, 0.1) is 12.6 Å². The number of hydrogen-bond donors (Lipinski definition) is 1. The molecule has 1 aromatic heterocycles. The average molecular weight is 250 g/mol. The number of nitrogens with two attached hydrogens (primary N) is 1. The molecule has 1 fully saturated rings. The van der Waals surface area contributed by atoms with Gasteiger partial charge in [0.2, 0.25) is 11.7 Å². The van der Waals surface area contributed by atoms with Crippen molar-refractivity contribution < 1.29 is 9.26 Å². The molecule has 0 spiro atoms. The second-order valence-electron chi connectivity index (χ2n) is 4.26. The molecule has 2 unspecified atom stereocenters. The maximum atomic E-state index is 5.81. The summed E-state index contributed by atoms with van der Waals surface area (Å²) in [6, 6.07) is -0.401. The number of terminal acetylenes is 1. The highest BCUT2D eigenvalue weighted by molar-refractivity contribution is 5.00. The number of aromatic nitrogens is 2. The molecule has 1 aliphatic rings. The van der Waals surface area contributed by atoms with Crippen LogP contribution in [0.15, 0.2) is 4.52 Å². The summed E-state index contributed by atoms with van der Waals surface area (Å²) in [5.74, 6) is 3.41. The molecule has 0 saturated carbocycles. The van der Waals surface area contributed by atoms with Crippen molar-refractivity contribution in [1.29, 1.82) is 0 Å². The lowest BCUT2D eigenvalue weighted by atomic mass is 10.2. The number of likely N-dealkylation sites (N-methyl/N-ethyl adjacent to an activating group) is 1. The second kappa shape index (κ2) is 5.96. The summed E-state index contributed by atoms with van der Waals surface area (Å²) in [5, 5.41) is 3.93. The normalized spacial score (nSPS) is 22.6. The fourth-order valence-electron chi connectivity index (χ4n) is 1.89. The van der Waals surface area contributed by atoms with Crippen molar-refractivity contribution in [2.45, 2.75) is 25.5 Å². The van der Waals surface area contributed by atoms with Gasteiger partial charge in [-0.25, -0.2) is 0 Å². The third-order valence-corrected chi connectivity index (χ3v) is 3.00. The van der Waals surface area contributed by atoms with Gasteiger partial charge >= 0.3 is 0 Å². The Hall–Kier alpha value is -1.42. The van der Waals surface area contributed by atoms with Gasteiger partial charge in [-0.2, -0.15) is 4.98 Å². The molecule has 2 rings (SSSR count).